The Morgan fingerprint density at radius 2 is 1.95 bits per heavy atom. The molecule has 0 bridgehead atoms. The molecule has 1 atom stereocenters. The summed E-state index contributed by atoms with van der Waals surface area (Å²) in [4.78, 5) is 24.5. The molecule has 22 heavy (non-hydrogen) atoms. The summed E-state index contributed by atoms with van der Waals surface area (Å²) in [5.74, 6) is -0.651. The number of nitrogens with zero attached hydrogens (tertiary/aromatic N) is 1. The summed E-state index contributed by atoms with van der Waals surface area (Å²) >= 11 is 0. The van der Waals surface area contributed by atoms with Crippen LogP contribution in [0, 0.1) is 0 Å². The number of carboxylic acid groups (broad SMARTS) is 1. The van der Waals surface area contributed by atoms with Crippen molar-refractivity contribution < 1.29 is 49.0 Å². The molecule has 6 heteroatoms. The summed E-state index contributed by atoms with van der Waals surface area (Å²) in [5.41, 5.74) is 1.43. The number of benzene rings is 1. The molecule has 0 unspecified atom stereocenters. The molecule has 1 amide bonds. The van der Waals surface area contributed by atoms with Gasteiger partial charge in [-0.2, -0.15) is 0 Å². The van der Waals surface area contributed by atoms with Crippen LogP contribution in [0.5, 0.6) is 5.75 Å². The van der Waals surface area contributed by atoms with Crippen molar-refractivity contribution in [3.8, 4) is 5.75 Å². The van der Waals surface area contributed by atoms with Gasteiger partial charge in [0, 0.05) is 0 Å². The Morgan fingerprint density at radius 1 is 1.32 bits per heavy atom. The second-order valence-electron chi connectivity index (χ2n) is 5.84. The average molecular weight is 309 g/mol. The summed E-state index contributed by atoms with van der Waals surface area (Å²) < 4.78 is 5.10. The van der Waals surface area contributed by atoms with Gasteiger partial charge in [0.2, 0.25) is 5.91 Å². The summed E-state index contributed by atoms with van der Waals surface area (Å²) in [6.45, 7) is 1.92. The summed E-state index contributed by atoms with van der Waals surface area (Å²) in [5, 5.41) is 11.4. The van der Waals surface area contributed by atoms with E-state index in [0.29, 0.717) is 19.3 Å². The molecule has 0 radical (unpaired) electrons. The number of ether oxygens (including phenoxy) is 1. The Balaban J connectivity index is 0.00000176. The van der Waals surface area contributed by atoms with E-state index in [1.807, 2.05) is 31.2 Å². The van der Waals surface area contributed by atoms with E-state index < -0.39 is 5.97 Å². The minimum Gasteiger partial charge on any atom is -0.543 e. The Morgan fingerprint density at radius 3 is 2.45 bits per heavy atom. The second kappa shape index (κ2) is 6.07. The summed E-state index contributed by atoms with van der Waals surface area (Å²) in [7, 11) is 1.60. The first-order chi connectivity index (χ1) is 9.94. The number of hydrogen-bond donors (Lipinski definition) is 0. The van der Waals surface area contributed by atoms with Crippen molar-refractivity contribution in [2.75, 3.05) is 7.11 Å². The second-order valence-corrected chi connectivity index (χ2v) is 5.84. The van der Waals surface area contributed by atoms with E-state index in [4.69, 9.17) is 4.74 Å². The molecule has 5 nitrogen and oxygen atoms in total. The van der Waals surface area contributed by atoms with Crippen LogP contribution in [0.1, 0.15) is 25.3 Å². The smallest absolute Gasteiger partial charge is 0.543 e. The Hall–Kier alpha value is -1.30. The van der Waals surface area contributed by atoms with Gasteiger partial charge in [0.05, 0.1) is 30.7 Å². The fourth-order valence-electron chi connectivity index (χ4n) is 3.30. The normalized spacial score (nSPS) is 22.8. The van der Waals surface area contributed by atoms with Gasteiger partial charge >= 0.3 is 29.6 Å². The van der Waals surface area contributed by atoms with E-state index in [9.17, 15) is 14.7 Å². The van der Waals surface area contributed by atoms with Crippen LogP contribution in [0.2, 0.25) is 0 Å². The first-order valence-corrected chi connectivity index (χ1v) is 6.84. The Kier molecular flexibility index (Phi) is 4.70. The van der Waals surface area contributed by atoms with E-state index in [1.165, 1.54) is 4.90 Å². The van der Waals surface area contributed by atoms with Crippen LogP contribution in [-0.4, -0.2) is 29.4 Å². The fourth-order valence-corrected chi connectivity index (χ4v) is 3.30. The van der Waals surface area contributed by atoms with Crippen molar-refractivity contribution in [3.63, 3.8) is 0 Å². The molecule has 0 saturated carbocycles. The zero-order valence-electron chi connectivity index (χ0n) is 13.0. The van der Waals surface area contributed by atoms with Gasteiger partial charge in [0.25, 0.3) is 0 Å². The van der Waals surface area contributed by atoms with E-state index in [-0.39, 0.29) is 46.7 Å². The van der Waals surface area contributed by atoms with Gasteiger partial charge in [-0.15, -0.1) is 0 Å². The Bertz CT molecular complexity index is 653. The molecule has 0 spiro atoms. The number of β-lactam (4-membered cyclic amide) rings is 1. The molecule has 2 aliphatic heterocycles. The minimum atomic E-state index is -1.27. The van der Waals surface area contributed by atoms with Crippen LogP contribution in [0.25, 0.3) is 0 Å². The molecule has 1 fully saturated rings. The molecule has 0 aliphatic carbocycles. The standard InChI is InChI=1S/C16H17NO4.Na/c1-16-8-11(7-10-3-5-12(21-2)6-4-10)14(15(19)20)17(16)13(18)9-16;/h3-6H,7-9H2,1-2H3,(H,19,20);/q;+1/p-1/t16-;/m1./s1. The van der Waals surface area contributed by atoms with Gasteiger partial charge in [-0.1, -0.05) is 12.1 Å². The van der Waals surface area contributed by atoms with Crippen molar-refractivity contribution >= 4 is 11.9 Å². The van der Waals surface area contributed by atoms with Crippen molar-refractivity contribution in [1.29, 1.82) is 0 Å². The van der Waals surface area contributed by atoms with E-state index in [0.717, 1.165) is 16.9 Å². The topological polar surface area (TPSA) is 69.7 Å². The minimum absolute atomic E-state index is 0. The van der Waals surface area contributed by atoms with Crippen LogP contribution in [0.4, 0.5) is 0 Å². The maximum atomic E-state index is 11.7. The number of methoxy groups -OCH3 is 1. The fraction of sp³-hybridized carbons (Fsp3) is 0.375. The number of amides is 1. The number of aliphatic carboxylic acids is 1. The van der Waals surface area contributed by atoms with Crippen molar-refractivity contribution in [1.82, 2.24) is 4.90 Å². The number of carbonyl (C=O) groups is 2. The quantitative estimate of drug-likeness (QED) is 0.461. The number of carboxylic acids is 1. The van der Waals surface area contributed by atoms with E-state index >= 15 is 0 Å². The summed E-state index contributed by atoms with van der Waals surface area (Å²) in [6.07, 6.45) is 1.50. The molecule has 1 saturated heterocycles. The average Bonchev–Trinajstić information content (AvgIpc) is 2.67. The maximum Gasteiger partial charge on any atom is 1.00 e. The van der Waals surface area contributed by atoms with Gasteiger partial charge in [-0.3, -0.25) is 4.79 Å². The van der Waals surface area contributed by atoms with Gasteiger partial charge < -0.3 is 19.5 Å². The molecule has 1 aromatic carbocycles. The van der Waals surface area contributed by atoms with Gasteiger partial charge in [-0.25, -0.2) is 0 Å². The predicted molar refractivity (Wildman–Crippen MR) is 73.2 cm³/mol. The first kappa shape index (κ1) is 17.1. The number of carbonyl (C=O) groups excluding carboxylic acids is 2. The van der Waals surface area contributed by atoms with Crippen LogP contribution in [0.3, 0.4) is 0 Å². The number of hydrogen-bond acceptors (Lipinski definition) is 4. The molecule has 3 rings (SSSR count). The first-order valence-electron chi connectivity index (χ1n) is 6.84. The van der Waals surface area contributed by atoms with Crippen LogP contribution < -0.4 is 39.4 Å². The zero-order chi connectivity index (χ0) is 15.2. The number of fused-ring (bicyclic) bond motifs is 1. The van der Waals surface area contributed by atoms with Crippen molar-refractivity contribution in [2.45, 2.75) is 31.7 Å². The van der Waals surface area contributed by atoms with Crippen LogP contribution >= 0.6 is 0 Å². The number of rotatable bonds is 4. The third-order valence-corrected chi connectivity index (χ3v) is 4.24. The predicted octanol–water partition coefficient (Wildman–Crippen LogP) is -2.36. The zero-order valence-corrected chi connectivity index (χ0v) is 15.0. The van der Waals surface area contributed by atoms with Crippen molar-refractivity contribution in [2.24, 2.45) is 0 Å². The SMILES string of the molecule is COc1ccc(CC2=C(C(=O)[O-])N3C(=O)C[C@@]3(C)C2)cc1.[Na+]. The van der Waals surface area contributed by atoms with E-state index in [2.05, 4.69) is 0 Å². The van der Waals surface area contributed by atoms with Crippen LogP contribution in [-0.2, 0) is 16.0 Å². The van der Waals surface area contributed by atoms with Crippen molar-refractivity contribution in [3.05, 3.63) is 41.1 Å². The maximum absolute atomic E-state index is 11.7. The largest absolute Gasteiger partial charge is 1.00 e. The van der Waals surface area contributed by atoms with Crippen LogP contribution in [0.15, 0.2) is 35.5 Å². The molecule has 0 aromatic heterocycles. The molecule has 2 aliphatic rings. The van der Waals surface area contributed by atoms with E-state index in [1.54, 1.807) is 7.11 Å². The Labute approximate surface area is 151 Å². The molecule has 110 valence electrons. The molecule has 0 N–H and O–H groups in total. The van der Waals surface area contributed by atoms with Gasteiger partial charge in [-0.05, 0) is 43.0 Å². The molecule has 2 heterocycles. The third kappa shape index (κ3) is 2.69. The van der Waals surface area contributed by atoms with Gasteiger partial charge in [0.15, 0.2) is 0 Å². The summed E-state index contributed by atoms with van der Waals surface area (Å²) in [6, 6.07) is 7.48. The molecule has 1 aromatic rings. The van der Waals surface area contributed by atoms with Gasteiger partial charge in [0.1, 0.15) is 5.75 Å². The molecular weight excluding hydrogens is 293 g/mol. The molecular formula is C16H16NNaO4. The monoisotopic (exact) mass is 309 g/mol. The third-order valence-electron chi connectivity index (χ3n) is 4.24.